The first-order valence-electron chi connectivity index (χ1n) is 10.9. The first kappa shape index (κ1) is 21.2. The smallest absolute Gasteiger partial charge is 0.352 e. The summed E-state index contributed by atoms with van der Waals surface area (Å²) in [4.78, 5) is 33.9. The molecule has 172 valence electrons. The van der Waals surface area contributed by atoms with Crippen molar-refractivity contribution in [2.24, 2.45) is 0 Å². The van der Waals surface area contributed by atoms with Crippen molar-refractivity contribution < 1.29 is 9.53 Å². The molecule has 5 aromatic rings. The molecule has 4 aromatic heterocycles. The number of thiophene rings is 2. The topological polar surface area (TPSA) is 90.5 Å². The number of hydrogen-bond acceptors (Lipinski definition) is 7. The van der Waals surface area contributed by atoms with Crippen LogP contribution < -0.4 is 11.0 Å². The van der Waals surface area contributed by atoms with Crippen molar-refractivity contribution in [3.05, 3.63) is 68.8 Å². The lowest BCUT2D eigenvalue weighted by Crippen LogP contribution is -2.33. The van der Waals surface area contributed by atoms with E-state index in [1.54, 1.807) is 0 Å². The molecule has 5 heterocycles. The number of fused-ring (bicyclic) bond motifs is 5. The van der Waals surface area contributed by atoms with Gasteiger partial charge in [-0.15, -0.1) is 27.8 Å². The van der Waals surface area contributed by atoms with E-state index in [-0.39, 0.29) is 23.7 Å². The second-order valence-corrected chi connectivity index (χ2v) is 10.9. The van der Waals surface area contributed by atoms with Gasteiger partial charge in [-0.2, -0.15) is 4.52 Å². The Bertz CT molecular complexity index is 1600. The van der Waals surface area contributed by atoms with Gasteiger partial charge in [-0.3, -0.25) is 9.36 Å². The number of aromatic nitrogens is 4. The fourth-order valence-electron chi connectivity index (χ4n) is 4.28. The summed E-state index contributed by atoms with van der Waals surface area (Å²) < 4.78 is 8.87. The summed E-state index contributed by atoms with van der Waals surface area (Å²) >= 11 is 3.01. The van der Waals surface area contributed by atoms with Crippen LogP contribution >= 0.6 is 22.7 Å². The third kappa shape index (κ3) is 3.54. The van der Waals surface area contributed by atoms with Crippen LogP contribution in [0.25, 0.3) is 26.6 Å². The van der Waals surface area contributed by atoms with Gasteiger partial charge in [-0.25, -0.2) is 9.78 Å². The highest BCUT2D eigenvalue weighted by atomic mass is 32.1. The third-order valence-corrected chi connectivity index (χ3v) is 7.95. The van der Waals surface area contributed by atoms with Crippen molar-refractivity contribution in [2.45, 2.75) is 39.0 Å². The van der Waals surface area contributed by atoms with E-state index in [9.17, 15) is 9.59 Å². The van der Waals surface area contributed by atoms with E-state index in [4.69, 9.17) is 9.72 Å². The SMILES string of the molecule is CC1(C)Cc2c(sc3c2c2nc(-c4cccs4)nn2c(=O)n3CC(=O)Nc2ccccc2)CO1. The Morgan fingerprint density at radius 2 is 2.03 bits per heavy atom. The number of rotatable bonds is 4. The number of nitrogens with one attached hydrogen (secondary N) is 1. The van der Waals surface area contributed by atoms with Gasteiger partial charge in [0, 0.05) is 17.0 Å². The molecule has 8 nitrogen and oxygen atoms in total. The summed E-state index contributed by atoms with van der Waals surface area (Å²) in [5, 5.41) is 10.2. The Kier molecular flexibility index (Phi) is 4.91. The van der Waals surface area contributed by atoms with Crippen molar-refractivity contribution in [3.8, 4) is 10.7 Å². The predicted octanol–water partition coefficient (Wildman–Crippen LogP) is 4.32. The lowest BCUT2D eigenvalue weighted by molar-refractivity contribution is -0.116. The van der Waals surface area contributed by atoms with Crippen LogP contribution in [0.3, 0.4) is 0 Å². The molecule has 1 aromatic carbocycles. The van der Waals surface area contributed by atoms with Gasteiger partial charge in [0.2, 0.25) is 5.91 Å². The molecule has 0 bridgehead atoms. The molecular formula is C24H21N5O3S2. The van der Waals surface area contributed by atoms with Crippen LogP contribution in [0.5, 0.6) is 0 Å². The highest BCUT2D eigenvalue weighted by Crippen LogP contribution is 2.40. The van der Waals surface area contributed by atoms with Gasteiger partial charge in [0.1, 0.15) is 11.4 Å². The third-order valence-electron chi connectivity index (χ3n) is 5.86. The van der Waals surface area contributed by atoms with E-state index in [0.29, 0.717) is 30.2 Å². The number of ether oxygens (including phenoxy) is 1. The van der Waals surface area contributed by atoms with Crippen LogP contribution in [0.4, 0.5) is 5.69 Å². The lowest BCUT2D eigenvalue weighted by atomic mass is 9.94. The number of carbonyl (C=O) groups excluding carboxylic acids is 1. The van der Waals surface area contributed by atoms with Crippen LogP contribution in [0.1, 0.15) is 24.3 Å². The summed E-state index contributed by atoms with van der Waals surface area (Å²) in [6.07, 6.45) is 0.688. The molecule has 1 N–H and O–H groups in total. The van der Waals surface area contributed by atoms with Gasteiger partial charge >= 0.3 is 5.69 Å². The number of carbonyl (C=O) groups is 1. The van der Waals surface area contributed by atoms with Gasteiger partial charge in [-0.05, 0) is 43.0 Å². The number of amides is 1. The fourth-order valence-corrected chi connectivity index (χ4v) is 6.15. The monoisotopic (exact) mass is 491 g/mol. The first-order chi connectivity index (χ1) is 16.4. The van der Waals surface area contributed by atoms with Crippen molar-refractivity contribution in [1.82, 2.24) is 19.2 Å². The Balaban J connectivity index is 1.55. The number of hydrogen-bond donors (Lipinski definition) is 1. The van der Waals surface area contributed by atoms with E-state index < -0.39 is 0 Å². The molecule has 1 aliphatic rings. The van der Waals surface area contributed by atoms with Gasteiger partial charge in [0.15, 0.2) is 11.5 Å². The van der Waals surface area contributed by atoms with Crippen molar-refractivity contribution >= 4 is 50.1 Å². The molecule has 0 spiro atoms. The highest BCUT2D eigenvalue weighted by Gasteiger charge is 2.32. The zero-order valence-electron chi connectivity index (χ0n) is 18.6. The normalized spacial score (nSPS) is 15.0. The molecule has 0 aliphatic carbocycles. The van der Waals surface area contributed by atoms with Gasteiger partial charge in [0.05, 0.1) is 22.5 Å². The van der Waals surface area contributed by atoms with Crippen molar-refractivity contribution in [2.75, 3.05) is 5.32 Å². The second kappa shape index (κ2) is 7.86. The van der Waals surface area contributed by atoms with Crippen molar-refractivity contribution in [3.63, 3.8) is 0 Å². The lowest BCUT2D eigenvalue weighted by Gasteiger charge is -2.30. The Morgan fingerprint density at radius 3 is 2.79 bits per heavy atom. The average Bonchev–Trinajstić information content (AvgIpc) is 3.54. The highest BCUT2D eigenvalue weighted by molar-refractivity contribution is 7.19. The number of nitrogens with zero attached hydrogens (tertiary/aromatic N) is 4. The molecule has 0 radical (unpaired) electrons. The minimum atomic E-state index is -0.389. The maximum Gasteiger partial charge on any atom is 0.352 e. The van der Waals surface area contributed by atoms with E-state index >= 15 is 0 Å². The molecule has 10 heteroatoms. The molecular weight excluding hydrogens is 470 g/mol. The average molecular weight is 492 g/mol. The summed E-state index contributed by atoms with van der Waals surface area (Å²) in [5.41, 5.74) is 1.60. The van der Waals surface area contributed by atoms with Crippen LogP contribution in [0, 0.1) is 0 Å². The fraction of sp³-hybridized carbons (Fsp3) is 0.250. The molecule has 1 aliphatic heterocycles. The minimum Gasteiger partial charge on any atom is -0.370 e. The van der Waals surface area contributed by atoms with E-state index in [1.807, 2.05) is 47.8 Å². The zero-order valence-corrected chi connectivity index (χ0v) is 20.2. The number of benzene rings is 1. The van der Waals surface area contributed by atoms with Crippen molar-refractivity contribution in [1.29, 1.82) is 0 Å². The van der Waals surface area contributed by atoms with E-state index in [0.717, 1.165) is 25.5 Å². The number of anilines is 1. The molecule has 0 fully saturated rings. The summed E-state index contributed by atoms with van der Waals surface area (Å²) in [6, 6.07) is 13.1. The maximum absolute atomic E-state index is 13.6. The van der Waals surface area contributed by atoms with Gasteiger partial charge in [-0.1, -0.05) is 24.3 Å². The zero-order chi connectivity index (χ0) is 23.4. The first-order valence-corrected chi connectivity index (χ1v) is 12.6. The second-order valence-electron chi connectivity index (χ2n) is 8.84. The predicted molar refractivity (Wildman–Crippen MR) is 134 cm³/mol. The summed E-state index contributed by atoms with van der Waals surface area (Å²) in [6.45, 7) is 4.45. The molecule has 0 saturated carbocycles. The van der Waals surface area contributed by atoms with E-state index in [1.165, 1.54) is 31.8 Å². The molecule has 0 unspecified atom stereocenters. The Morgan fingerprint density at radius 1 is 1.21 bits per heavy atom. The standard InChI is InChI=1S/C24H21N5O3S2/c1-24(2)11-15-17(13-32-24)34-22-19(15)21-26-20(16-9-6-10-33-16)27-29(21)23(31)28(22)12-18(30)25-14-7-4-3-5-8-14/h3-10H,11-13H2,1-2H3,(H,25,30). The minimum absolute atomic E-state index is 0.127. The quantitative estimate of drug-likeness (QED) is 0.404. The Labute approximate surface area is 202 Å². The van der Waals surface area contributed by atoms with E-state index in [2.05, 4.69) is 24.3 Å². The van der Waals surface area contributed by atoms with Crippen LogP contribution in [0.15, 0.2) is 52.6 Å². The summed E-state index contributed by atoms with van der Waals surface area (Å²) in [5.74, 6) is 0.224. The molecule has 1 amide bonds. The largest absolute Gasteiger partial charge is 0.370 e. The number of para-hydroxylation sites is 1. The molecule has 0 saturated heterocycles. The van der Waals surface area contributed by atoms with Crippen LogP contribution in [-0.4, -0.2) is 30.7 Å². The van der Waals surface area contributed by atoms with Gasteiger partial charge in [0.25, 0.3) is 0 Å². The van der Waals surface area contributed by atoms with Gasteiger partial charge < -0.3 is 10.1 Å². The van der Waals surface area contributed by atoms with Crippen LogP contribution in [-0.2, 0) is 29.1 Å². The molecule has 0 atom stereocenters. The maximum atomic E-state index is 13.6. The molecule has 6 rings (SSSR count). The molecule has 34 heavy (non-hydrogen) atoms. The Hall–Kier alpha value is -3.34. The summed E-state index contributed by atoms with van der Waals surface area (Å²) in [7, 11) is 0. The van der Waals surface area contributed by atoms with Crippen LogP contribution in [0.2, 0.25) is 0 Å².